The summed E-state index contributed by atoms with van der Waals surface area (Å²) in [6.07, 6.45) is -0.131. The van der Waals surface area contributed by atoms with E-state index < -0.39 is 17.6 Å². The number of nitrogens with one attached hydrogen (secondary N) is 2. The minimum absolute atomic E-state index is 0.0701. The summed E-state index contributed by atoms with van der Waals surface area (Å²) in [4.78, 5) is 22.2. The third-order valence-corrected chi connectivity index (χ3v) is 3.50. The summed E-state index contributed by atoms with van der Waals surface area (Å²) in [6.45, 7) is 0.780. The maximum Gasteiger partial charge on any atom is 0.305 e. The molecule has 0 saturated heterocycles. The smallest absolute Gasteiger partial charge is 0.305 e. The Balaban J connectivity index is 1.81. The first-order valence-electron chi connectivity index (χ1n) is 7.69. The maximum atomic E-state index is 13.5. The topological polar surface area (TPSA) is 78.4 Å². The maximum absolute atomic E-state index is 13.5. The van der Waals surface area contributed by atoms with E-state index in [-0.39, 0.29) is 25.4 Å². The highest BCUT2D eigenvalue weighted by Crippen LogP contribution is 2.10. The van der Waals surface area contributed by atoms with Crippen molar-refractivity contribution in [3.63, 3.8) is 0 Å². The van der Waals surface area contributed by atoms with Crippen molar-refractivity contribution < 1.29 is 23.5 Å². The van der Waals surface area contributed by atoms with Gasteiger partial charge in [0.25, 0.3) is 5.91 Å². The van der Waals surface area contributed by atoms with Gasteiger partial charge in [0.15, 0.2) is 0 Å². The van der Waals surface area contributed by atoms with Crippen LogP contribution in [0.3, 0.4) is 0 Å². The molecule has 0 saturated carbocycles. The van der Waals surface area contributed by atoms with Gasteiger partial charge in [-0.25, -0.2) is 8.78 Å². The van der Waals surface area contributed by atoms with Gasteiger partial charge < -0.3 is 15.7 Å². The van der Waals surface area contributed by atoms with Crippen molar-refractivity contribution in [2.45, 2.75) is 19.5 Å². The number of halogens is 2. The molecule has 0 aliphatic rings. The molecular weight excluding hydrogens is 330 g/mol. The van der Waals surface area contributed by atoms with Gasteiger partial charge in [0.05, 0.1) is 6.42 Å². The fraction of sp³-hybridized carbons (Fsp3) is 0.222. The molecular formula is C18H18F2N2O3. The predicted octanol–water partition coefficient (Wildman–Crippen LogP) is 2.46. The first-order valence-corrected chi connectivity index (χ1v) is 7.69. The quantitative estimate of drug-likeness (QED) is 0.685. The summed E-state index contributed by atoms with van der Waals surface area (Å²) >= 11 is 0. The lowest BCUT2D eigenvalue weighted by atomic mass is 10.1. The molecule has 0 aliphatic carbocycles. The Morgan fingerprint density at radius 2 is 1.72 bits per heavy atom. The van der Waals surface area contributed by atoms with Crippen molar-refractivity contribution in [1.29, 1.82) is 0 Å². The average Bonchev–Trinajstić information content (AvgIpc) is 2.57. The Kier molecular flexibility index (Phi) is 6.59. The highest BCUT2D eigenvalue weighted by atomic mass is 19.1. The number of aliphatic carboxylic acids is 1. The molecule has 0 aliphatic heterocycles. The van der Waals surface area contributed by atoms with E-state index in [0.717, 1.165) is 11.6 Å². The number of rotatable bonds is 8. The lowest BCUT2D eigenvalue weighted by Gasteiger charge is -2.08. The van der Waals surface area contributed by atoms with Crippen LogP contribution in [0.1, 0.15) is 27.9 Å². The van der Waals surface area contributed by atoms with E-state index >= 15 is 0 Å². The molecule has 3 N–H and O–H groups in total. The van der Waals surface area contributed by atoms with Crippen LogP contribution in [0.4, 0.5) is 8.78 Å². The van der Waals surface area contributed by atoms with Crippen molar-refractivity contribution in [2.75, 3.05) is 6.54 Å². The molecule has 0 unspecified atom stereocenters. The van der Waals surface area contributed by atoms with Crippen molar-refractivity contribution in [2.24, 2.45) is 0 Å². The molecule has 2 rings (SSSR count). The van der Waals surface area contributed by atoms with Gasteiger partial charge in [-0.2, -0.15) is 0 Å². The molecule has 0 atom stereocenters. The van der Waals surface area contributed by atoms with E-state index in [1.165, 1.54) is 12.1 Å². The van der Waals surface area contributed by atoms with Crippen LogP contribution < -0.4 is 10.6 Å². The van der Waals surface area contributed by atoms with Crippen LogP contribution in [-0.2, 0) is 17.9 Å². The highest BCUT2D eigenvalue weighted by Gasteiger charge is 2.07. The second-order valence-electron chi connectivity index (χ2n) is 5.44. The zero-order valence-electron chi connectivity index (χ0n) is 13.4. The van der Waals surface area contributed by atoms with Crippen molar-refractivity contribution in [1.82, 2.24) is 10.6 Å². The molecule has 2 aromatic carbocycles. The molecule has 25 heavy (non-hydrogen) atoms. The summed E-state index contributed by atoms with van der Waals surface area (Å²) in [7, 11) is 0. The zero-order chi connectivity index (χ0) is 18.2. The Morgan fingerprint density at radius 3 is 2.36 bits per heavy atom. The summed E-state index contributed by atoms with van der Waals surface area (Å²) in [6, 6.07) is 10.2. The number of carbonyl (C=O) groups excluding carboxylic acids is 1. The van der Waals surface area contributed by atoms with Crippen LogP contribution in [0, 0.1) is 11.6 Å². The van der Waals surface area contributed by atoms with E-state index in [9.17, 15) is 18.4 Å². The SMILES string of the molecule is O=C(O)CCNC(=O)c1ccc(CNCc2ccc(F)cc2F)cc1. The predicted molar refractivity (Wildman–Crippen MR) is 87.9 cm³/mol. The number of carbonyl (C=O) groups is 2. The zero-order valence-corrected chi connectivity index (χ0v) is 13.4. The second-order valence-corrected chi connectivity index (χ2v) is 5.44. The standard InChI is InChI=1S/C18H18F2N2O3/c19-15-6-5-14(16(20)9-15)11-21-10-12-1-3-13(4-2-12)18(25)22-8-7-17(23)24/h1-6,9,21H,7-8,10-11H2,(H,22,25)(H,23,24). The molecule has 0 spiro atoms. The largest absolute Gasteiger partial charge is 0.481 e. The summed E-state index contributed by atoms with van der Waals surface area (Å²) in [5.41, 5.74) is 1.69. The minimum atomic E-state index is -0.973. The van der Waals surface area contributed by atoms with Gasteiger partial charge >= 0.3 is 5.97 Å². The van der Waals surface area contributed by atoms with E-state index in [4.69, 9.17) is 5.11 Å². The first kappa shape index (κ1) is 18.5. The fourth-order valence-electron chi connectivity index (χ4n) is 2.17. The number of carboxylic acid groups (broad SMARTS) is 1. The van der Waals surface area contributed by atoms with Crippen molar-refractivity contribution in [3.05, 3.63) is 70.8 Å². The van der Waals surface area contributed by atoms with Gasteiger partial charge in [0, 0.05) is 36.8 Å². The molecule has 7 heteroatoms. The molecule has 0 fully saturated rings. The first-order chi connectivity index (χ1) is 12.0. The summed E-state index contributed by atoms with van der Waals surface area (Å²) < 4.78 is 26.3. The molecule has 0 radical (unpaired) electrons. The van der Waals surface area contributed by atoms with Gasteiger partial charge in [0.2, 0.25) is 0 Å². The Bertz CT molecular complexity index is 748. The number of hydrogen-bond donors (Lipinski definition) is 3. The van der Waals surface area contributed by atoms with E-state index in [1.807, 2.05) is 0 Å². The number of carboxylic acids is 1. The molecule has 132 valence electrons. The van der Waals surface area contributed by atoms with Gasteiger partial charge in [-0.15, -0.1) is 0 Å². The molecule has 0 heterocycles. The average molecular weight is 348 g/mol. The Morgan fingerprint density at radius 1 is 1.00 bits per heavy atom. The van der Waals surface area contributed by atoms with Gasteiger partial charge in [-0.3, -0.25) is 9.59 Å². The lowest BCUT2D eigenvalue weighted by molar-refractivity contribution is -0.136. The van der Waals surface area contributed by atoms with Crippen LogP contribution in [-0.4, -0.2) is 23.5 Å². The third kappa shape index (κ3) is 5.96. The molecule has 0 bridgehead atoms. The number of benzene rings is 2. The summed E-state index contributed by atoms with van der Waals surface area (Å²) in [5.74, 6) is -2.52. The van der Waals surface area contributed by atoms with Crippen LogP contribution in [0.5, 0.6) is 0 Å². The summed E-state index contributed by atoms with van der Waals surface area (Å²) in [5, 5.41) is 14.1. The van der Waals surface area contributed by atoms with Crippen LogP contribution in [0.2, 0.25) is 0 Å². The van der Waals surface area contributed by atoms with Crippen LogP contribution in [0.15, 0.2) is 42.5 Å². The Labute approximate surface area is 143 Å². The highest BCUT2D eigenvalue weighted by molar-refractivity contribution is 5.94. The number of hydrogen-bond acceptors (Lipinski definition) is 3. The van der Waals surface area contributed by atoms with E-state index in [2.05, 4.69) is 10.6 Å². The lowest BCUT2D eigenvalue weighted by Crippen LogP contribution is -2.26. The van der Waals surface area contributed by atoms with E-state index in [0.29, 0.717) is 17.7 Å². The van der Waals surface area contributed by atoms with Crippen LogP contribution in [0.25, 0.3) is 0 Å². The van der Waals surface area contributed by atoms with E-state index in [1.54, 1.807) is 24.3 Å². The normalized spacial score (nSPS) is 10.5. The van der Waals surface area contributed by atoms with Gasteiger partial charge in [0.1, 0.15) is 11.6 Å². The van der Waals surface area contributed by atoms with Crippen LogP contribution >= 0.6 is 0 Å². The molecule has 1 amide bonds. The molecule has 5 nitrogen and oxygen atoms in total. The molecule has 0 aromatic heterocycles. The van der Waals surface area contributed by atoms with Crippen molar-refractivity contribution >= 4 is 11.9 Å². The fourth-order valence-corrected chi connectivity index (χ4v) is 2.17. The second kappa shape index (κ2) is 8.89. The minimum Gasteiger partial charge on any atom is -0.481 e. The van der Waals surface area contributed by atoms with Gasteiger partial charge in [-0.05, 0) is 23.8 Å². The molecule has 2 aromatic rings. The Hall–Kier alpha value is -2.80. The monoisotopic (exact) mass is 348 g/mol. The van der Waals surface area contributed by atoms with Gasteiger partial charge in [-0.1, -0.05) is 18.2 Å². The number of amides is 1. The van der Waals surface area contributed by atoms with Crippen molar-refractivity contribution in [3.8, 4) is 0 Å². The third-order valence-electron chi connectivity index (χ3n) is 3.50.